The smallest absolute Gasteiger partial charge is 0.308 e. The summed E-state index contributed by atoms with van der Waals surface area (Å²) in [5, 5.41) is 16.0. The van der Waals surface area contributed by atoms with Gasteiger partial charge in [0.15, 0.2) is 0 Å². The van der Waals surface area contributed by atoms with Gasteiger partial charge in [-0.05, 0) is 18.6 Å². The van der Waals surface area contributed by atoms with Crippen LogP contribution in [0.3, 0.4) is 0 Å². The van der Waals surface area contributed by atoms with E-state index in [9.17, 15) is 14.7 Å². The molecule has 1 aromatic carbocycles. The zero-order valence-corrected chi connectivity index (χ0v) is 15.2. The van der Waals surface area contributed by atoms with Crippen molar-refractivity contribution in [1.82, 2.24) is 5.32 Å². The summed E-state index contributed by atoms with van der Waals surface area (Å²) in [6, 6.07) is 5.17. The molecule has 1 aliphatic rings. The summed E-state index contributed by atoms with van der Waals surface area (Å²) < 4.78 is 10.5. The molecule has 0 saturated carbocycles. The zero-order valence-electron chi connectivity index (χ0n) is 15.2. The van der Waals surface area contributed by atoms with Gasteiger partial charge in [0.1, 0.15) is 11.5 Å². The van der Waals surface area contributed by atoms with Crippen LogP contribution in [0.15, 0.2) is 23.4 Å². The highest BCUT2D eigenvalue weighted by Gasteiger charge is 2.49. The molecule has 142 valence electrons. The second-order valence-electron chi connectivity index (χ2n) is 6.05. The average molecular weight is 364 g/mol. The van der Waals surface area contributed by atoms with Crippen molar-refractivity contribution in [2.24, 2.45) is 5.16 Å². The standard InChI is InChI=1S/C18H24N2O6/c1-4-5-8-19-17(23)18(11-16(21)22)10-14(20-26-18)13-7-6-12(24-2)9-15(13)25-3/h6-7,9H,4-5,8,10-11H2,1-3H3,(H,19,23)(H,21,22). The van der Waals surface area contributed by atoms with Crippen molar-refractivity contribution in [1.29, 1.82) is 0 Å². The minimum absolute atomic E-state index is 0.0416. The normalized spacial score (nSPS) is 18.7. The van der Waals surface area contributed by atoms with Crippen LogP contribution in [0.1, 0.15) is 38.2 Å². The molecule has 8 heteroatoms. The number of carbonyl (C=O) groups excluding carboxylic acids is 1. The Labute approximate surface area is 152 Å². The van der Waals surface area contributed by atoms with E-state index in [-0.39, 0.29) is 6.42 Å². The van der Waals surface area contributed by atoms with E-state index in [0.29, 0.717) is 29.3 Å². The number of carboxylic acid groups (broad SMARTS) is 1. The maximum absolute atomic E-state index is 12.6. The molecule has 0 radical (unpaired) electrons. The lowest BCUT2D eigenvalue weighted by atomic mass is 9.89. The number of methoxy groups -OCH3 is 2. The Morgan fingerprint density at radius 2 is 2.12 bits per heavy atom. The van der Waals surface area contributed by atoms with Gasteiger partial charge in [-0.1, -0.05) is 18.5 Å². The van der Waals surface area contributed by atoms with Crippen LogP contribution in [-0.4, -0.2) is 49.1 Å². The summed E-state index contributed by atoms with van der Waals surface area (Å²) in [5.41, 5.74) is -0.474. The molecule has 1 aliphatic heterocycles. The minimum atomic E-state index is -1.56. The van der Waals surface area contributed by atoms with Crippen LogP contribution in [0, 0.1) is 0 Å². The highest BCUT2D eigenvalue weighted by Crippen LogP contribution is 2.34. The Morgan fingerprint density at radius 3 is 2.73 bits per heavy atom. The van der Waals surface area contributed by atoms with E-state index >= 15 is 0 Å². The number of benzene rings is 1. The molecule has 0 bridgehead atoms. The maximum Gasteiger partial charge on any atom is 0.308 e. The molecule has 8 nitrogen and oxygen atoms in total. The quantitative estimate of drug-likeness (QED) is 0.649. The first-order valence-corrected chi connectivity index (χ1v) is 8.43. The van der Waals surface area contributed by atoms with E-state index in [4.69, 9.17) is 14.3 Å². The maximum atomic E-state index is 12.6. The van der Waals surface area contributed by atoms with Crippen molar-refractivity contribution >= 4 is 17.6 Å². The third kappa shape index (κ3) is 4.25. The molecule has 1 unspecified atom stereocenters. The number of aliphatic carboxylic acids is 1. The van der Waals surface area contributed by atoms with Gasteiger partial charge >= 0.3 is 5.97 Å². The van der Waals surface area contributed by atoms with Gasteiger partial charge in [-0.3, -0.25) is 9.59 Å². The fourth-order valence-corrected chi connectivity index (χ4v) is 2.74. The summed E-state index contributed by atoms with van der Waals surface area (Å²) >= 11 is 0. The number of hydrogen-bond acceptors (Lipinski definition) is 6. The predicted molar refractivity (Wildman–Crippen MR) is 94.7 cm³/mol. The minimum Gasteiger partial charge on any atom is -0.497 e. The lowest BCUT2D eigenvalue weighted by Crippen LogP contribution is -2.48. The number of rotatable bonds is 9. The SMILES string of the molecule is CCCCNC(=O)C1(CC(=O)O)CC(c2ccc(OC)cc2OC)=NO1. The first-order valence-electron chi connectivity index (χ1n) is 8.43. The van der Waals surface area contributed by atoms with Crippen molar-refractivity contribution in [2.45, 2.75) is 38.2 Å². The Kier molecular flexibility index (Phi) is 6.43. The molecular formula is C18H24N2O6. The van der Waals surface area contributed by atoms with Crippen LogP contribution in [0.4, 0.5) is 0 Å². The number of carboxylic acids is 1. The molecular weight excluding hydrogens is 340 g/mol. The fourth-order valence-electron chi connectivity index (χ4n) is 2.74. The van der Waals surface area contributed by atoms with E-state index < -0.39 is 23.9 Å². The largest absolute Gasteiger partial charge is 0.497 e. The first-order chi connectivity index (χ1) is 12.5. The van der Waals surface area contributed by atoms with Crippen LogP contribution in [0.2, 0.25) is 0 Å². The van der Waals surface area contributed by atoms with Gasteiger partial charge in [-0.25, -0.2) is 0 Å². The van der Waals surface area contributed by atoms with Gasteiger partial charge in [0.05, 0.1) is 26.4 Å². The molecule has 2 rings (SSSR count). The Morgan fingerprint density at radius 1 is 1.35 bits per heavy atom. The summed E-state index contributed by atoms with van der Waals surface area (Å²) in [5.74, 6) is -0.489. The van der Waals surface area contributed by atoms with Crippen molar-refractivity contribution < 1.29 is 29.0 Å². The van der Waals surface area contributed by atoms with E-state index in [1.54, 1.807) is 25.3 Å². The van der Waals surface area contributed by atoms with Crippen molar-refractivity contribution in [3.8, 4) is 11.5 Å². The molecule has 0 fully saturated rings. The van der Waals surface area contributed by atoms with E-state index in [0.717, 1.165) is 12.8 Å². The molecule has 1 atom stereocenters. The Balaban J connectivity index is 2.24. The number of unbranched alkanes of at least 4 members (excludes halogenated alkanes) is 1. The zero-order chi connectivity index (χ0) is 19.2. The molecule has 0 spiro atoms. The molecule has 0 aromatic heterocycles. The predicted octanol–water partition coefficient (Wildman–Crippen LogP) is 1.96. The first kappa shape index (κ1) is 19.6. The lowest BCUT2D eigenvalue weighted by Gasteiger charge is -2.23. The van der Waals surface area contributed by atoms with Gasteiger partial charge in [0, 0.05) is 24.6 Å². The number of ether oxygens (including phenoxy) is 2. The molecule has 0 saturated heterocycles. The number of amides is 1. The number of hydrogen-bond donors (Lipinski definition) is 2. The van der Waals surface area contributed by atoms with Crippen molar-refractivity contribution in [3.05, 3.63) is 23.8 Å². The molecule has 26 heavy (non-hydrogen) atoms. The molecule has 1 heterocycles. The van der Waals surface area contributed by atoms with Crippen LogP contribution in [0.25, 0.3) is 0 Å². The summed E-state index contributed by atoms with van der Waals surface area (Å²) in [4.78, 5) is 29.3. The van der Waals surface area contributed by atoms with E-state index in [1.807, 2.05) is 6.92 Å². The Hall–Kier alpha value is -2.77. The topological polar surface area (TPSA) is 106 Å². The van der Waals surface area contributed by atoms with Gasteiger partial charge in [-0.2, -0.15) is 0 Å². The van der Waals surface area contributed by atoms with Crippen LogP contribution in [0.5, 0.6) is 11.5 Å². The third-order valence-corrected chi connectivity index (χ3v) is 4.17. The molecule has 1 aromatic rings. The number of nitrogens with zero attached hydrogens (tertiary/aromatic N) is 1. The summed E-state index contributed by atoms with van der Waals surface area (Å²) in [7, 11) is 3.06. The van der Waals surface area contributed by atoms with Gasteiger partial charge in [0.2, 0.25) is 5.60 Å². The second-order valence-corrected chi connectivity index (χ2v) is 6.05. The van der Waals surface area contributed by atoms with Crippen LogP contribution >= 0.6 is 0 Å². The van der Waals surface area contributed by atoms with Gasteiger partial charge in [0.25, 0.3) is 5.91 Å². The third-order valence-electron chi connectivity index (χ3n) is 4.17. The molecule has 0 aliphatic carbocycles. The van der Waals surface area contributed by atoms with E-state index in [1.165, 1.54) is 7.11 Å². The lowest BCUT2D eigenvalue weighted by molar-refractivity contribution is -0.156. The number of nitrogens with one attached hydrogen (secondary N) is 1. The molecule has 2 N–H and O–H groups in total. The summed E-state index contributed by atoms with van der Waals surface area (Å²) in [6.45, 7) is 2.46. The monoisotopic (exact) mass is 364 g/mol. The fraction of sp³-hybridized carbons (Fsp3) is 0.500. The molecule has 1 amide bonds. The highest BCUT2D eigenvalue weighted by atomic mass is 16.7. The highest BCUT2D eigenvalue weighted by molar-refractivity contribution is 6.08. The van der Waals surface area contributed by atoms with Crippen molar-refractivity contribution in [3.63, 3.8) is 0 Å². The van der Waals surface area contributed by atoms with Gasteiger partial charge in [-0.15, -0.1) is 0 Å². The number of carbonyl (C=O) groups is 2. The van der Waals surface area contributed by atoms with Crippen molar-refractivity contribution in [2.75, 3.05) is 20.8 Å². The van der Waals surface area contributed by atoms with Crippen LogP contribution < -0.4 is 14.8 Å². The Bertz CT molecular complexity index is 703. The van der Waals surface area contributed by atoms with Crippen LogP contribution in [-0.2, 0) is 14.4 Å². The van der Waals surface area contributed by atoms with Gasteiger partial charge < -0.3 is 24.7 Å². The summed E-state index contributed by atoms with van der Waals surface area (Å²) in [6.07, 6.45) is 1.28. The average Bonchev–Trinajstić information content (AvgIpc) is 3.05. The number of oxime groups is 1. The van der Waals surface area contributed by atoms with E-state index in [2.05, 4.69) is 10.5 Å². The second kappa shape index (κ2) is 8.55.